The van der Waals surface area contributed by atoms with Crippen molar-refractivity contribution in [2.24, 2.45) is 0 Å². The van der Waals surface area contributed by atoms with Crippen LogP contribution in [0.25, 0.3) is 27.9 Å². The lowest BCUT2D eigenvalue weighted by Gasteiger charge is -2.11. The van der Waals surface area contributed by atoms with Crippen molar-refractivity contribution in [2.75, 3.05) is 19.1 Å². The smallest absolute Gasteiger partial charge is 0.343 e. The number of rotatable bonds is 3. The van der Waals surface area contributed by atoms with Crippen molar-refractivity contribution in [3.8, 4) is 5.69 Å². The highest BCUT2D eigenvalue weighted by atomic mass is 32.2. The molecule has 4 aromatic rings. The van der Waals surface area contributed by atoms with Crippen LogP contribution in [0.3, 0.4) is 0 Å². The maximum atomic E-state index is 12.4. The molecule has 0 aliphatic heterocycles. The monoisotopic (exact) mass is 364 g/mol. The molecule has 26 heavy (non-hydrogen) atoms. The molecule has 0 bridgehead atoms. The molecule has 0 spiro atoms. The Morgan fingerprint density at radius 3 is 2.42 bits per heavy atom. The number of nitrogens with two attached hydrogens (primary N) is 1. The molecule has 0 saturated carbocycles. The first kappa shape index (κ1) is 16.4. The zero-order chi connectivity index (χ0) is 18.3. The predicted molar refractivity (Wildman–Crippen MR) is 104 cm³/mol. The van der Waals surface area contributed by atoms with E-state index in [1.165, 1.54) is 7.11 Å². The number of thioether (sulfide) groups is 1. The van der Waals surface area contributed by atoms with Crippen LogP contribution in [0.4, 0.5) is 5.82 Å². The Labute approximate surface area is 154 Å². The van der Waals surface area contributed by atoms with Gasteiger partial charge in [0.1, 0.15) is 16.9 Å². The minimum atomic E-state index is -0.530. The molecule has 0 aliphatic carbocycles. The van der Waals surface area contributed by atoms with E-state index in [4.69, 9.17) is 15.5 Å². The van der Waals surface area contributed by atoms with Gasteiger partial charge in [0.25, 0.3) is 0 Å². The number of anilines is 1. The molecular weight excluding hydrogens is 348 g/mol. The van der Waals surface area contributed by atoms with Crippen LogP contribution < -0.4 is 5.73 Å². The average Bonchev–Trinajstić information content (AvgIpc) is 2.96. The topological polar surface area (TPSA) is 83.0 Å². The number of benzene rings is 2. The molecule has 2 N–H and O–H groups in total. The summed E-state index contributed by atoms with van der Waals surface area (Å²) >= 11 is 1.59. The Kier molecular flexibility index (Phi) is 4.00. The molecule has 2 aromatic carbocycles. The number of hydrogen-bond acceptors (Lipinski definition) is 6. The van der Waals surface area contributed by atoms with Gasteiger partial charge in [0, 0.05) is 4.90 Å². The van der Waals surface area contributed by atoms with E-state index in [1.807, 2.05) is 54.8 Å². The van der Waals surface area contributed by atoms with E-state index in [0.717, 1.165) is 16.1 Å². The Morgan fingerprint density at radius 1 is 1.08 bits per heavy atom. The molecule has 130 valence electrons. The fourth-order valence-electron chi connectivity index (χ4n) is 3.02. The van der Waals surface area contributed by atoms with Crippen LogP contribution in [0.1, 0.15) is 10.4 Å². The maximum Gasteiger partial charge on any atom is 0.343 e. The van der Waals surface area contributed by atoms with E-state index in [-0.39, 0.29) is 11.4 Å². The van der Waals surface area contributed by atoms with E-state index in [9.17, 15) is 4.79 Å². The molecule has 2 aromatic heterocycles. The van der Waals surface area contributed by atoms with Gasteiger partial charge >= 0.3 is 5.97 Å². The molecular formula is C19H16N4O2S. The number of aromatic nitrogens is 3. The highest BCUT2D eigenvalue weighted by Gasteiger charge is 2.26. The third kappa shape index (κ3) is 2.40. The van der Waals surface area contributed by atoms with Crippen molar-refractivity contribution in [2.45, 2.75) is 4.90 Å². The summed E-state index contributed by atoms with van der Waals surface area (Å²) in [4.78, 5) is 22.8. The summed E-state index contributed by atoms with van der Waals surface area (Å²) in [6.07, 6.45) is 1.99. The quantitative estimate of drug-likeness (QED) is 0.441. The first-order chi connectivity index (χ1) is 12.7. The van der Waals surface area contributed by atoms with Crippen LogP contribution in [0, 0.1) is 0 Å². The van der Waals surface area contributed by atoms with E-state index in [0.29, 0.717) is 16.7 Å². The van der Waals surface area contributed by atoms with Gasteiger partial charge in [-0.3, -0.25) is 4.57 Å². The molecule has 4 rings (SSSR count). The standard InChI is InChI=1S/C19H16N4O2S/c1-25-19(24)15-16-18(22-12-8-4-3-7-11(12)21-16)23(17(15)20)13-9-5-6-10-14(13)26-2/h3-10H,20H2,1-2H3. The average molecular weight is 364 g/mol. The number of methoxy groups -OCH3 is 1. The number of nitrogens with zero attached hydrogens (tertiary/aromatic N) is 3. The van der Waals surface area contributed by atoms with Gasteiger partial charge in [-0.25, -0.2) is 14.8 Å². The molecule has 0 atom stereocenters. The number of fused-ring (bicyclic) bond motifs is 2. The normalized spacial score (nSPS) is 11.2. The van der Waals surface area contributed by atoms with Crippen molar-refractivity contribution in [1.82, 2.24) is 14.5 Å². The lowest BCUT2D eigenvalue weighted by molar-refractivity contribution is 0.0604. The number of carbonyl (C=O) groups excluding carboxylic acids is 1. The Bertz CT molecular complexity index is 1150. The number of para-hydroxylation sites is 3. The zero-order valence-corrected chi connectivity index (χ0v) is 15.1. The van der Waals surface area contributed by atoms with Crippen LogP contribution in [0.15, 0.2) is 53.4 Å². The number of carbonyl (C=O) groups is 1. The lowest BCUT2D eigenvalue weighted by atomic mass is 10.2. The summed E-state index contributed by atoms with van der Waals surface area (Å²) in [5.41, 5.74) is 9.86. The number of hydrogen-bond donors (Lipinski definition) is 1. The van der Waals surface area contributed by atoms with E-state index in [1.54, 1.807) is 16.3 Å². The molecule has 6 nitrogen and oxygen atoms in total. The minimum Gasteiger partial charge on any atom is -0.465 e. The van der Waals surface area contributed by atoms with Crippen LogP contribution in [0.2, 0.25) is 0 Å². The molecule has 0 saturated heterocycles. The van der Waals surface area contributed by atoms with Crippen molar-refractivity contribution in [3.05, 3.63) is 54.1 Å². The third-order valence-electron chi connectivity index (χ3n) is 4.21. The Balaban J connectivity index is 2.17. The number of ether oxygens (including phenoxy) is 1. The summed E-state index contributed by atoms with van der Waals surface area (Å²) in [6, 6.07) is 15.3. The molecule has 7 heteroatoms. The second-order valence-corrected chi connectivity index (χ2v) is 6.49. The first-order valence-electron chi connectivity index (χ1n) is 7.94. The zero-order valence-electron chi connectivity index (χ0n) is 14.3. The summed E-state index contributed by atoms with van der Waals surface area (Å²) in [6.45, 7) is 0. The minimum absolute atomic E-state index is 0.233. The molecule has 2 heterocycles. The van der Waals surface area contributed by atoms with Crippen molar-refractivity contribution < 1.29 is 9.53 Å². The van der Waals surface area contributed by atoms with Crippen molar-refractivity contribution >= 4 is 45.7 Å². The maximum absolute atomic E-state index is 12.4. The van der Waals surface area contributed by atoms with Gasteiger partial charge in [0.2, 0.25) is 0 Å². The van der Waals surface area contributed by atoms with Crippen molar-refractivity contribution in [3.63, 3.8) is 0 Å². The molecule has 0 unspecified atom stereocenters. The SMILES string of the molecule is COC(=O)c1c(N)n(-c2ccccc2SC)c2nc3ccccc3nc12. The van der Waals surface area contributed by atoms with Gasteiger partial charge in [0.15, 0.2) is 5.65 Å². The van der Waals surface area contributed by atoms with Crippen LogP contribution in [0.5, 0.6) is 0 Å². The Morgan fingerprint density at radius 2 is 1.73 bits per heavy atom. The fraction of sp³-hybridized carbons (Fsp3) is 0.105. The summed E-state index contributed by atoms with van der Waals surface area (Å²) in [5, 5.41) is 0. The van der Waals surface area contributed by atoms with Gasteiger partial charge < -0.3 is 10.5 Å². The second kappa shape index (κ2) is 6.34. The Hall–Kier alpha value is -3.06. The van der Waals surface area contributed by atoms with Crippen LogP contribution >= 0.6 is 11.8 Å². The van der Waals surface area contributed by atoms with Crippen LogP contribution in [-0.4, -0.2) is 33.9 Å². The number of esters is 1. The second-order valence-electron chi connectivity index (χ2n) is 5.64. The lowest BCUT2D eigenvalue weighted by Crippen LogP contribution is -2.07. The predicted octanol–water partition coefficient (Wildman–Crippen LogP) is 3.66. The molecule has 0 fully saturated rings. The largest absolute Gasteiger partial charge is 0.465 e. The van der Waals surface area contributed by atoms with E-state index in [2.05, 4.69) is 4.98 Å². The number of nitrogen functional groups attached to an aromatic ring is 1. The van der Waals surface area contributed by atoms with E-state index < -0.39 is 5.97 Å². The molecule has 0 aliphatic rings. The molecule has 0 radical (unpaired) electrons. The summed E-state index contributed by atoms with van der Waals surface area (Å²) < 4.78 is 6.71. The fourth-order valence-corrected chi connectivity index (χ4v) is 3.61. The van der Waals surface area contributed by atoms with Crippen molar-refractivity contribution in [1.29, 1.82) is 0 Å². The van der Waals surface area contributed by atoms with Gasteiger partial charge in [-0.05, 0) is 30.5 Å². The van der Waals surface area contributed by atoms with Gasteiger partial charge in [-0.1, -0.05) is 24.3 Å². The van der Waals surface area contributed by atoms with Gasteiger partial charge in [-0.2, -0.15) is 0 Å². The highest BCUT2D eigenvalue weighted by molar-refractivity contribution is 7.98. The first-order valence-corrected chi connectivity index (χ1v) is 9.16. The van der Waals surface area contributed by atoms with Gasteiger partial charge in [0.05, 0.1) is 23.8 Å². The van der Waals surface area contributed by atoms with Crippen LogP contribution in [-0.2, 0) is 4.74 Å². The molecule has 0 amide bonds. The highest BCUT2D eigenvalue weighted by Crippen LogP contribution is 2.34. The summed E-state index contributed by atoms with van der Waals surface area (Å²) in [7, 11) is 1.33. The van der Waals surface area contributed by atoms with E-state index >= 15 is 0 Å². The summed E-state index contributed by atoms with van der Waals surface area (Å²) in [5.74, 6) is -0.263. The van der Waals surface area contributed by atoms with Gasteiger partial charge in [-0.15, -0.1) is 11.8 Å². The third-order valence-corrected chi connectivity index (χ3v) is 5.00.